The number of hydrogen-bond acceptors (Lipinski definition) is 6. The van der Waals surface area contributed by atoms with Gasteiger partial charge in [-0.25, -0.2) is 8.42 Å². The van der Waals surface area contributed by atoms with Crippen LogP contribution in [0.1, 0.15) is 30.4 Å². The molecule has 134 valence electrons. The van der Waals surface area contributed by atoms with Gasteiger partial charge in [-0.2, -0.15) is 0 Å². The number of carbonyl (C=O) groups is 1. The van der Waals surface area contributed by atoms with Crippen molar-refractivity contribution < 1.29 is 17.7 Å². The number of piperazine rings is 1. The van der Waals surface area contributed by atoms with Crippen molar-refractivity contribution in [2.75, 3.05) is 31.1 Å². The van der Waals surface area contributed by atoms with Crippen LogP contribution < -0.4 is 0 Å². The van der Waals surface area contributed by atoms with Gasteiger partial charge in [-0.1, -0.05) is 12.1 Å². The summed E-state index contributed by atoms with van der Waals surface area (Å²) in [6.45, 7) is 7.92. The molecule has 2 fully saturated rings. The van der Waals surface area contributed by atoms with E-state index < -0.39 is 9.84 Å². The molecule has 0 aliphatic carbocycles. The molecule has 1 aromatic heterocycles. The van der Waals surface area contributed by atoms with Gasteiger partial charge in [0, 0.05) is 31.1 Å². The largest absolute Gasteiger partial charge is 0.361 e. The third-order valence-corrected chi connectivity index (χ3v) is 6.99. The Morgan fingerprint density at radius 2 is 1.96 bits per heavy atom. The van der Waals surface area contributed by atoms with Crippen LogP contribution in [0.15, 0.2) is 4.52 Å². The fourth-order valence-electron chi connectivity index (χ4n) is 3.96. The smallest absolute Gasteiger partial charge is 0.223 e. The van der Waals surface area contributed by atoms with Gasteiger partial charge in [-0.05, 0) is 26.8 Å². The van der Waals surface area contributed by atoms with Crippen LogP contribution in [-0.4, -0.2) is 72.5 Å². The van der Waals surface area contributed by atoms with Crippen molar-refractivity contribution in [3.8, 4) is 0 Å². The summed E-state index contributed by atoms with van der Waals surface area (Å²) >= 11 is 0. The number of hydrogen-bond donors (Lipinski definition) is 0. The Kier molecular flexibility index (Phi) is 4.70. The molecule has 0 saturated carbocycles. The molecule has 1 aromatic rings. The van der Waals surface area contributed by atoms with Crippen molar-refractivity contribution in [3.05, 3.63) is 17.0 Å². The quantitative estimate of drug-likeness (QED) is 0.784. The molecule has 0 N–H and O–H groups in total. The fourth-order valence-corrected chi connectivity index (χ4v) is 5.97. The zero-order chi connectivity index (χ0) is 17.5. The Balaban J connectivity index is 1.71. The Morgan fingerprint density at radius 3 is 2.58 bits per heavy atom. The summed E-state index contributed by atoms with van der Waals surface area (Å²) in [5, 5.41) is 3.91. The molecule has 8 heteroatoms. The van der Waals surface area contributed by atoms with Crippen LogP contribution in [0.4, 0.5) is 0 Å². The molecule has 0 aromatic carbocycles. The summed E-state index contributed by atoms with van der Waals surface area (Å²) in [4.78, 5) is 16.7. The van der Waals surface area contributed by atoms with Crippen LogP contribution in [0.5, 0.6) is 0 Å². The molecule has 3 heterocycles. The molecule has 7 nitrogen and oxygen atoms in total. The highest BCUT2D eigenvalue weighted by Crippen LogP contribution is 2.27. The summed E-state index contributed by atoms with van der Waals surface area (Å²) in [7, 11) is -3.07. The molecule has 24 heavy (non-hydrogen) atoms. The lowest BCUT2D eigenvalue weighted by atomic mass is 10.0. The van der Waals surface area contributed by atoms with Gasteiger partial charge in [-0.15, -0.1) is 0 Å². The molecule has 0 unspecified atom stereocenters. The third kappa shape index (κ3) is 3.21. The number of fused-ring (bicyclic) bond motifs is 1. The molecular weight excluding hydrogens is 330 g/mol. The number of aryl methyl sites for hydroxylation is 2. The van der Waals surface area contributed by atoms with Gasteiger partial charge in [0.2, 0.25) is 5.91 Å². The normalized spacial score (nSPS) is 26.5. The predicted octanol–water partition coefficient (Wildman–Crippen LogP) is 0.554. The molecule has 2 aliphatic rings. The highest BCUT2D eigenvalue weighted by Gasteiger charge is 2.47. The van der Waals surface area contributed by atoms with E-state index >= 15 is 0 Å². The van der Waals surface area contributed by atoms with Crippen molar-refractivity contribution in [2.45, 2.75) is 45.7 Å². The first-order valence-corrected chi connectivity index (χ1v) is 10.3. The van der Waals surface area contributed by atoms with E-state index in [1.807, 2.05) is 20.8 Å². The van der Waals surface area contributed by atoms with E-state index in [0.717, 1.165) is 30.1 Å². The van der Waals surface area contributed by atoms with E-state index in [-0.39, 0.29) is 29.5 Å². The van der Waals surface area contributed by atoms with Crippen LogP contribution in [0, 0.1) is 13.8 Å². The Bertz CT molecular complexity index is 708. The van der Waals surface area contributed by atoms with Crippen molar-refractivity contribution in [2.24, 2.45) is 0 Å². The summed E-state index contributed by atoms with van der Waals surface area (Å²) in [5.74, 6) is 1.03. The van der Waals surface area contributed by atoms with Crippen molar-refractivity contribution >= 4 is 15.7 Å². The first kappa shape index (κ1) is 17.4. The van der Waals surface area contributed by atoms with Gasteiger partial charge >= 0.3 is 0 Å². The zero-order valence-corrected chi connectivity index (χ0v) is 15.3. The molecule has 0 radical (unpaired) electrons. The fraction of sp³-hybridized carbons (Fsp3) is 0.750. The van der Waals surface area contributed by atoms with Gasteiger partial charge in [0.05, 0.1) is 23.2 Å². The average molecular weight is 355 g/mol. The third-order valence-electron chi connectivity index (χ3n) is 5.29. The van der Waals surface area contributed by atoms with Gasteiger partial charge in [0.15, 0.2) is 9.84 Å². The van der Waals surface area contributed by atoms with Crippen LogP contribution in [0.3, 0.4) is 0 Å². The van der Waals surface area contributed by atoms with E-state index in [4.69, 9.17) is 4.52 Å². The summed E-state index contributed by atoms with van der Waals surface area (Å²) < 4.78 is 29.3. The number of rotatable bonds is 4. The van der Waals surface area contributed by atoms with Gasteiger partial charge in [-0.3, -0.25) is 9.69 Å². The van der Waals surface area contributed by atoms with E-state index in [2.05, 4.69) is 10.1 Å². The van der Waals surface area contributed by atoms with E-state index in [1.165, 1.54) is 0 Å². The molecule has 0 spiro atoms. The molecule has 3 rings (SSSR count). The highest BCUT2D eigenvalue weighted by molar-refractivity contribution is 7.91. The standard InChI is InChI=1S/C16H25N3O4S/c1-4-18-7-8-19(15-10-24(21,22)9-14(15)18)16(20)6-5-13-11(2)17-23-12(13)3/h14-15H,4-10H2,1-3H3/t14-,15+/m1/s1. The predicted molar refractivity (Wildman–Crippen MR) is 89.5 cm³/mol. The first-order valence-electron chi connectivity index (χ1n) is 8.48. The molecule has 0 bridgehead atoms. The number of amides is 1. The second kappa shape index (κ2) is 6.48. The van der Waals surface area contributed by atoms with Gasteiger partial charge in [0.25, 0.3) is 0 Å². The highest BCUT2D eigenvalue weighted by atomic mass is 32.2. The van der Waals surface area contributed by atoms with Crippen molar-refractivity contribution in [1.82, 2.24) is 15.0 Å². The summed E-state index contributed by atoms with van der Waals surface area (Å²) in [6.07, 6.45) is 0.941. The van der Waals surface area contributed by atoms with Crippen LogP contribution in [0.25, 0.3) is 0 Å². The number of sulfone groups is 1. The van der Waals surface area contributed by atoms with E-state index in [1.54, 1.807) is 4.90 Å². The van der Waals surface area contributed by atoms with E-state index in [0.29, 0.717) is 19.4 Å². The second-order valence-corrected chi connectivity index (χ2v) is 8.88. The minimum atomic E-state index is -3.07. The van der Waals surface area contributed by atoms with Crippen LogP contribution in [0.2, 0.25) is 0 Å². The zero-order valence-electron chi connectivity index (χ0n) is 14.5. The molecule has 1 amide bonds. The first-order chi connectivity index (χ1) is 11.3. The monoisotopic (exact) mass is 355 g/mol. The lowest BCUT2D eigenvalue weighted by Gasteiger charge is -2.43. The van der Waals surface area contributed by atoms with Crippen molar-refractivity contribution in [3.63, 3.8) is 0 Å². The van der Waals surface area contributed by atoms with E-state index in [9.17, 15) is 13.2 Å². The second-order valence-electron chi connectivity index (χ2n) is 6.73. The lowest BCUT2D eigenvalue weighted by Crippen LogP contribution is -2.60. The SMILES string of the molecule is CCN1CCN(C(=O)CCc2c(C)noc2C)[C@H]2CS(=O)(=O)C[C@H]21. The van der Waals surface area contributed by atoms with Crippen molar-refractivity contribution in [1.29, 1.82) is 0 Å². The molecular formula is C16H25N3O4S. The maximum atomic E-state index is 12.7. The maximum absolute atomic E-state index is 12.7. The van der Waals surface area contributed by atoms with Crippen LogP contribution in [-0.2, 0) is 21.1 Å². The molecule has 2 aliphatic heterocycles. The van der Waals surface area contributed by atoms with Gasteiger partial charge < -0.3 is 9.42 Å². The number of likely N-dealkylation sites (N-methyl/N-ethyl adjacent to an activating group) is 1. The average Bonchev–Trinajstić information content (AvgIpc) is 3.02. The Hall–Kier alpha value is -1.41. The molecule has 2 atom stereocenters. The number of aromatic nitrogens is 1. The summed E-state index contributed by atoms with van der Waals surface area (Å²) in [6, 6.07) is -0.266. The number of nitrogens with zero attached hydrogens (tertiary/aromatic N) is 3. The summed E-state index contributed by atoms with van der Waals surface area (Å²) in [5.41, 5.74) is 1.79. The Labute approximate surface area is 142 Å². The number of carbonyl (C=O) groups excluding carboxylic acids is 1. The van der Waals surface area contributed by atoms with Crippen LogP contribution >= 0.6 is 0 Å². The molecule has 2 saturated heterocycles. The minimum Gasteiger partial charge on any atom is -0.361 e. The lowest BCUT2D eigenvalue weighted by molar-refractivity contribution is -0.136. The topological polar surface area (TPSA) is 83.7 Å². The Morgan fingerprint density at radius 1 is 1.25 bits per heavy atom. The van der Waals surface area contributed by atoms with Gasteiger partial charge in [0.1, 0.15) is 5.76 Å². The maximum Gasteiger partial charge on any atom is 0.223 e. The minimum absolute atomic E-state index is 0.0258.